The number of amides is 1. The first-order valence-electron chi connectivity index (χ1n) is 6.79. The van der Waals surface area contributed by atoms with E-state index in [0.717, 1.165) is 28.4 Å². The van der Waals surface area contributed by atoms with Crippen LogP contribution in [-0.4, -0.2) is 36.2 Å². The maximum Gasteiger partial charge on any atom is 0.257 e. The topological polar surface area (TPSA) is 81.1 Å². The molecule has 2 aromatic rings. The van der Waals surface area contributed by atoms with Gasteiger partial charge < -0.3 is 19.8 Å². The quantitative estimate of drug-likeness (QED) is 0.937. The van der Waals surface area contributed by atoms with Gasteiger partial charge in [0.25, 0.3) is 5.91 Å². The number of aliphatic imine (C=N–C) groups is 1. The number of rotatable bonds is 3. The van der Waals surface area contributed by atoms with Crippen molar-refractivity contribution in [2.24, 2.45) is 10.7 Å². The Labute approximate surface area is 130 Å². The van der Waals surface area contributed by atoms with Crippen LogP contribution in [0.5, 0.6) is 5.75 Å². The molecule has 6 nitrogen and oxygen atoms in total. The van der Waals surface area contributed by atoms with Gasteiger partial charge in [0.15, 0.2) is 10.9 Å². The van der Waals surface area contributed by atoms with E-state index in [1.807, 2.05) is 29.2 Å². The fourth-order valence-corrected chi connectivity index (χ4v) is 3.70. The molecule has 2 aliphatic heterocycles. The number of amidine groups is 1. The minimum atomic E-state index is -0.463. The predicted molar refractivity (Wildman–Crippen MR) is 85.5 cm³/mol. The van der Waals surface area contributed by atoms with Gasteiger partial charge in [-0.3, -0.25) is 9.79 Å². The van der Waals surface area contributed by atoms with Gasteiger partial charge in [0.2, 0.25) is 0 Å². The van der Waals surface area contributed by atoms with Crippen molar-refractivity contribution in [1.82, 2.24) is 4.90 Å². The summed E-state index contributed by atoms with van der Waals surface area (Å²) in [5.41, 5.74) is 6.96. The molecule has 0 fully saturated rings. The number of carbonyl (C=O) groups excluding carboxylic acids is 1. The van der Waals surface area contributed by atoms with Crippen LogP contribution in [0.2, 0.25) is 0 Å². The number of methoxy groups -OCH3 is 1. The summed E-state index contributed by atoms with van der Waals surface area (Å²) in [6.45, 7) is 1.45. The van der Waals surface area contributed by atoms with Crippen LogP contribution in [0.15, 0.2) is 38.6 Å². The summed E-state index contributed by atoms with van der Waals surface area (Å²) in [5, 5.41) is 1.72. The van der Waals surface area contributed by atoms with Gasteiger partial charge in [-0.1, -0.05) is 0 Å². The second-order valence-corrected chi connectivity index (χ2v) is 5.95. The third kappa shape index (κ3) is 1.89. The maximum atomic E-state index is 11.7. The van der Waals surface area contributed by atoms with Gasteiger partial charge in [-0.15, -0.1) is 0 Å². The number of nitrogens with zero attached hydrogens (tertiary/aromatic N) is 2. The molecule has 4 rings (SSSR count). The summed E-state index contributed by atoms with van der Waals surface area (Å²) in [7, 11) is 1.62. The van der Waals surface area contributed by atoms with Gasteiger partial charge in [-0.25, -0.2) is 0 Å². The van der Waals surface area contributed by atoms with E-state index < -0.39 is 5.91 Å². The highest BCUT2D eigenvalue weighted by atomic mass is 32.2. The average molecular weight is 315 g/mol. The number of thioether (sulfide) groups is 1. The minimum absolute atomic E-state index is 0.463. The molecule has 0 unspecified atom stereocenters. The molecule has 3 heterocycles. The Morgan fingerprint density at radius 2 is 2.32 bits per heavy atom. The highest BCUT2D eigenvalue weighted by Crippen LogP contribution is 2.42. The van der Waals surface area contributed by atoms with Gasteiger partial charge in [-0.05, 0) is 36.0 Å². The molecule has 0 radical (unpaired) electrons. The standard InChI is InChI=1S/C15H13N3O3S/c1-20-9-2-3-10-8(6-9)7-11(21-10)12-13(14(16)19)22-15-17-4-5-18(12)15/h2-3,6-7H,4-5H2,1H3,(H2,16,19). The van der Waals surface area contributed by atoms with Crippen LogP contribution in [0.4, 0.5) is 0 Å². The van der Waals surface area contributed by atoms with Crippen LogP contribution in [0.3, 0.4) is 0 Å². The Morgan fingerprint density at radius 1 is 1.45 bits per heavy atom. The SMILES string of the molecule is COc1ccc2oc(C3=C(C(N)=O)SC4=NCCN43)cc2c1. The first-order valence-corrected chi connectivity index (χ1v) is 7.61. The van der Waals surface area contributed by atoms with E-state index in [1.54, 1.807) is 7.11 Å². The van der Waals surface area contributed by atoms with Crippen molar-refractivity contribution in [3.05, 3.63) is 34.9 Å². The molecule has 7 heteroatoms. The molecule has 0 saturated heterocycles. The van der Waals surface area contributed by atoms with E-state index in [-0.39, 0.29) is 0 Å². The summed E-state index contributed by atoms with van der Waals surface area (Å²) in [6, 6.07) is 7.49. The molecule has 0 atom stereocenters. The molecule has 2 N–H and O–H groups in total. The van der Waals surface area contributed by atoms with E-state index in [4.69, 9.17) is 14.9 Å². The van der Waals surface area contributed by atoms with Crippen LogP contribution >= 0.6 is 11.8 Å². The molecular weight excluding hydrogens is 302 g/mol. The average Bonchev–Trinajstić information content (AvgIpc) is 3.18. The maximum absolute atomic E-state index is 11.7. The number of ether oxygens (including phenoxy) is 1. The normalized spacial score (nSPS) is 17.1. The Balaban J connectivity index is 1.87. The first-order chi connectivity index (χ1) is 10.7. The fraction of sp³-hybridized carbons (Fsp3) is 0.200. The van der Waals surface area contributed by atoms with Gasteiger partial charge in [0.1, 0.15) is 21.9 Å². The molecule has 0 spiro atoms. The van der Waals surface area contributed by atoms with E-state index in [1.165, 1.54) is 11.8 Å². The molecule has 112 valence electrons. The van der Waals surface area contributed by atoms with E-state index in [0.29, 0.717) is 22.9 Å². The number of furan rings is 1. The van der Waals surface area contributed by atoms with Gasteiger partial charge >= 0.3 is 0 Å². The van der Waals surface area contributed by atoms with Crippen molar-refractivity contribution in [1.29, 1.82) is 0 Å². The van der Waals surface area contributed by atoms with Gasteiger partial charge in [-0.2, -0.15) is 0 Å². The number of hydrogen-bond donors (Lipinski definition) is 1. The molecule has 1 amide bonds. The first kappa shape index (κ1) is 13.3. The Kier molecular flexibility index (Phi) is 2.90. The lowest BCUT2D eigenvalue weighted by Crippen LogP contribution is -2.20. The van der Waals surface area contributed by atoms with Gasteiger partial charge in [0, 0.05) is 11.9 Å². The summed E-state index contributed by atoms with van der Waals surface area (Å²) < 4.78 is 11.1. The highest BCUT2D eigenvalue weighted by molar-refractivity contribution is 8.18. The largest absolute Gasteiger partial charge is 0.497 e. The fourth-order valence-electron chi connectivity index (χ4n) is 2.66. The third-order valence-corrected chi connectivity index (χ3v) is 4.79. The summed E-state index contributed by atoms with van der Waals surface area (Å²) in [6.07, 6.45) is 0. The van der Waals surface area contributed by atoms with Crippen LogP contribution in [-0.2, 0) is 4.79 Å². The van der Waals surface area contributed by atoms with Crippen molar-refractivity contribution in [2.45, 2.75) is 0 Å². The second-order valence-electron chi connectivity index (χ2n) is 4.97. The zero-order valence-electron chi connectivity index (χ0n) is 11.8. The van der Waals surface area contributed by atoms with Crippen LogP contribution in [0, 0.1) is 0 Å². The summed E-state index contributed by atoms with van der Waals surface area (Å²) in [4.78, 5) is 18.6. The van der Waals surface area contributed by atoms with E-state index >= 15 is 0 Å². The monoisotopic (exact) mass is 315 g/mol. The van der Waals surface area contributed by atoms with Gasteiger partial charge in [0.05, 0.1) is 13.7 Å². The summed E-state index contributed by atoms with van der Waals surface area (Å²) >= 11 is 1.31. The van der Waals surface area contributed by atoms with Crippen LogP contribution in [0.25, 0.3) is 16.7 Å². The molecular formula is C15H13N3O3S. The van der Waals surface area contributed by atoms with Crippen LogP contribution < -0.4 is 10.5 Å². The number of nitrogens with two attached hydrogens (primary N) is 1. The van der Waals surface area contributed by atoms with Crippen molar-refractivity contribution in [3.8, 4) is 5.75 Å². The number of hydrogen-bond acceptors (Lipinski definition) is 6. The van der Waals surface area contributed by atoms with Crippen molar-refractivity contribution >= 4 is 39.5 Å². The van der Waals surface area contributed by atoms with Crippen molar-refractivity contribution in [3.63, 3.8) is 0 Å². The minimum Gasteiger partial charge on any atom is -0.497 e. The number of fused-ring (bicyclic) bond motifs is 2. The predicted octanol–water partition coefficient (Wildman–Crippen LogP) is 2.01. The smallest absolute Gasteiger partial charge is 0.257 e. The van der Waals surface area contributed by atoms with Crippen molar-refractivity contribution in [2.75, 3.05) is 20.2 Å². The highest BCUT2D eigenvalue weighted by Gasteiger charge is 2.37. The number of primary amides is 1. The zero-order chi connectivity index (χ0) is 15.3. The molecule has 0 saturated carbocycles. The van der Waals surface area contributed by atoms with E-state index in [2.05, 4.69) is 4.99 Å². The van der Waals surface area contributed by atoms with E-state index in [9.17, 15) is 4.79 Å². The summed E-state index contributed by atoms with van der Waals surface area (Å²) in [5.74, 6) is 0.917. The lowest BCUT2D eigenvalue weighted by Gasteiger charge is -2.14. The second kappa shape index (κ2) is 4.81. The third-order valence-electron chi connectivity index (χ3n) is 3.66. The molecule has 1 aromatic carbocycles. The number of carbonyl (C=O) groups is 1. The lowest BCUT2D eigenvalue weighted by molar-refractivity contribution is -0.113. The lowest BCUT2D eigenvalue weighted by atomic mass is 10.2. The van der Waals surface area contributed by atoms with Crippen molar-refractivity contribution < 1.29 is 13.9 Å². The molecule has 0 aliphatic carbocycles. The Morgan fingerprint density at radius 3 is 3.09 bits per heavy atom. The van der Waals surface area contributed by atoms with Crippen LogP contribution in [0.1, 0.15) is 5.76 Å². The Bertz CT molecular complexity index is 853. The molecule has 22 heavy (non-hydrogen) atoms. The Hall–Kier alpha value is -2.41. The molecule has 2 aliphatic rings. The number of benzene rings is 1. The molecule has 1 aromatic heterocycles. The molecule has 0 bridgehead atoms. The zero-order valence-corrected chi connectivity index (χ0v) is 12.6.